The van der Waals surface area contributed by atoms with Gasteiger partial charge < -0.3 is 10.1 Å². The molecule has 2 rings (SSSR count). The average Bonchev–Trinajstić information content (AvgIpc) is 2.82. The summed E-state index contributed by atoms with van der Waals surface area (Å²) >= 11 is 3.41. The molecule has 1 N–H and O–H groups in total. The Hall–Kier alpha value is -1.17. The Labute approximate surface area is 115 Å². The van der Waals surface area contributed by atoms with Crippen LogP contribution < -0.4 is 5.32 Å². The number of nitrogens with zero attached hydrogens (tertiary/aromatic N) is 2. The van der Waals surface area contributed by atoms with Crippen molar-refractivity contribution in [3.63, 3.8) is 0 Å². The monoisotopic (exact) mass is 309 g/mol. The summed E-state index contributed by atoms with van der Waals surface area (Å²) in [4.78, 5) is 0. The number of para-hydroxylation sites is 1. The minimum atomic E-state index is 0.718. The first kappa shape index (κ1) is 13.3. The molecule has 1 heterocycles. The number of hydrogen-bond donors (Lipinski definition) is 1. The number of methoxy groups -OCH3 is 1. The summed E-state index contributed by atoms with van der Waals surface area (Å²) in [6.07, 6.45) is 3.74. The summed E-state index contributed by atoms with van der Waals surface area (Å²) in [5, 5.41) is 7.65. The molecule has 96 valence electrons. The summed E-state index contributed by atoms with van der Waals surface area (Å²) in [6.45, 7) is 2.36. The second-order valence-electron chi connectivity index (χ2n) is 3.90. The van der Waals surface area contributed by atoms with Crippen LogP contribution in [0.5, 0.6) is 0 Å². The van der Waals surface area contributed by atoms with Crippen molar-refractivity contribution < 1.29 is 4.74 Å². The van der Waals surface area contributed by atoms with Crippen molar-refractivity contribution in [1.29, 1.82) is 0 Å². The van der Waals surface area contributed by atoms with Gasteiger partial charge in [-0.25, -0.2) is 4.68 Å². The molecule has 0 aliphatic heterocycles. The van der Waals surface area contributed by atoms with Crippen LogP contribution in [0.15, 0.2) is 41.1 Å². The van der Waals surface area contributed by atoms with E-state index in [2.05, 4.69) is 38.5 Å². The van der Waals surface area contributed by atoms with E-state index < -0.39 is 0 Å². The van der Waals surface area contributed by atoms with Crippen LogP contribution in [0, 0.1) is 0 Å². The SMILES string of the molecule is COCCNCc1ccccc1-n1cc(Br)cn1. The highest BCUT2D eigenvalue weighted by Gasteiger charge is 2.04. The highest BCUT2D eigenvalue weighted by molar-refractivity contribution is 9.10. The molecule has 0 bridgehead atoms. The van der Waals surface area contributed by atoms with E-state index in [1.54, 1.807) is 13.3 Å². The van der Waals surface area contributed by atoms with Crippen LogP contribution in [0.2, 0.25) is 0 Å². The normalized spacial score (nSPS) is 10.8. The predicted molar refractivity (Wildman–Crippen MR) is 74.8 cm³/mol. The molecule has 0 aliphatic rings. The Kier molecular flexibility index (Phi) is 4.92. The number of ether oxygens (including phenoxy) is 1. The number of rotatable bonds is 6. The van der Waals surface area contributed by atoms with Crippen LogP contribution in [-0.2, 0) is 11.3 Å². The molecule has 0 unspecified atom stereocenters. The number of benzene rings is 1. The number of nitrogens with one attached hydrogen (secondary N) is 1. The first-order chi connectivity index (χ1) is 8.81. The minimum absolute atomic E-state index is 0.718. The number of aromatic nitrogens is 2. The van der Waals surface area contributed by atoms with Gasteiger partial charge in [-0.15, -0.1) is 0 Å². The third kappa shape index (κ3) is 3.41. The van der Waals surface area contributed by atoms with Gasteiger partial charge in [0.15, 0.2) is 0 Å². The fraction of sp³-hybridized carbons (Fsp3) is 0.308. The molecule has 0 spiro atoms. The number of hydrogen-bond acceptors (Lipinski definition) is 3. The maximum absolute atomic E-state index is 5.01. The molecule has 0 saturated heterocycles. The summed E-state index contributed by atoms with van der Waals surface area (Å²) < 4.78 is 7.86. The van der Waals surface area contributed by atoms with Crippen LogP contribution in [0.4, 0.5) is 0 Å². The molecule has 0 aliphatic carbocycles. The fourth-order valence-corrected chi connectivity index (χ4v) is 2.00. The lowest BCUT2D eigenvalue weighted by atomic mass is 10.2. The van der Waals surface area contributed by atoms with E-state index in [0.717, 1.165) is 29.9 Å². The largest absolute Gasteiger partial charge is 0.383 e. The molecule has 2 aromatic rings. The zero-order valence-corrected chi connectivity index (χ0v) is 11.9. The Balaban J connectivity index is 2.10. The summed E-state index contributed by atoms with van der Waals surface area (Å²) in [6, 6.07) is 8.22. The van der Waals surface area contributed by atoms with Crippen LogP contribution in [-0.4, -0.2) is 30.0 Å². The predicted octanol–water partition coefficient (Wildman–Crippen LogP) is 2.37. The highest BCUT2D eigenvalue weighted by Crippen LogP contribution is 2.16. The van der Waals surface area contributed by atoms with Gasteiger partial charge in [-0.1, -0.05) is 18.2 Å². The van der Waals surface area contributed by atoms with Gasteiger partial charge in [0.05, 0.1) is 23.0 Å². The summed E-state index contributed by atoms with van der Waals surface area (Å²) in [7, 11) is 1.71. The maximum Gasteiger partial charge on any atom is 0.0690 e. The second kappa shape index (κ2) is 6.68. The van der Waals surface area contributed by atoms with E-state index >= 15 is 0 Å². The van der Waals surface area contributed by atoms with Crippen molar-refractivity contribution in [2.45, 2.75) is 6.54 Å². The lowest BCUT2D eigenvalue weighted by Gasteiger charge is -2.10. The second-order valence-corrected chi connectivity index (χ2v) is 4.82. The topological polar surface area (TPSA) is 39.1 Å². The van der Waals surface area contributed by atoms with Gasteiger partial charge in [0.2, 0.25) is 0 Å². The van der Waals surface area contributed by atoms with Crippen LogP contribution in [0.25, 0.3) is 5.69 Å². The average molecular weight is 310 g/mol. The fourth-order valence-electron chi connectivity index (χ4n) is 1.71. The molecule has 5 heteroatoms. The zero-order chi connectivity index (χ0) is 12.8. The molecule has 0 fully saturated rings. The Morgan fingerprint density at radius 1 is 1.39 bits per heavy atom. The van der Waals surface area contributed by atoms with E-state index in [9.17, 15) is 0 Å². The molecule has 0 saturated carbocycles. The number of halogens is 1. The molecular weight excluding hydrogens is 294 g/mol. The maximum atomic E-state index is 5.01. The van der Waals surface area contributed by atoms with Crippen molar-refractivity contribution in [3.05, 3.63) is 46.7 Å². The summed E-state index contributed by atoms with van der Waals surface area (Å²) in [5.41, 5.74) is 2.30. The first-order valence-electron chi connectivity index (χ1n) is 5.79. The molecule has 0 radical (unpaired) electrons. The molecule has 0 atom stereocenters. The highest BCUT2D eigenvalue weighted by atomic mass is 79.9. The Morgan fingerprint density at radius 3 is 2.94 bits per heavy atom. The van der Waals surface area contributed by atoms with E-state index in [4.69, 9.17) is 4.74 Å². The molecule has 18 heavy (non-hydrogen) atoms. The third-order valence-corrected chi connectivity index (χ3v) is 3.00. The minimum Gasteiger partial charge on any atom is -0.383 e. The standard InChI is InChI=1S/C13H16BrN3O/c1-18-7-6-15-8-11-4-2-3-5-13(11)17-10-12(14)9-16-17/h2-5,9-10,15H,6-8H2,1H3. The van der Waals surface area contributed by atoms with Crippen LogP contribution >= 0.6 is 15.9 Å². The van der Waals surface area contributed by atoms with Crippen molar-refractivity contribution in [3.8, 4) is 5.69 Å². The van der Waals surface area contributed by atoms with E-state index in [1.165, 1.54) is 5.56 Å². The van der Waals surface area contributed by atoms with Gasteiger partial charge in [-0.3, -0.25) is 0 Å². The third-order valence-electron chi connectivity index (χ3n) is 2.59. The van der Waals surface area contributed by atoms with Crippen molar-refractivity contribution >= 4 is 15.9 Å². The van der Waals surface area contributed by atoms with Crippen LogP contribution in [0.1, 0.15) is 5.56 Å². The lowest BCUT2D eigenvalue weighted by Crippen LogP contribution is -2.19. The van der Waals surface area contributed by atoms with Crippen molar-refractivity contribution in [2.75, 3.05) is 20.3 Å². The van der Waals surface area contributed by atoms with E-state index in [-0.39, 0.29) is 0 Å². The molecule has 0 amide bonds. The summed E-state index contributed by atoms with van der Waals surface area (Å²) in [5.74, 6) is 0. The van der Waals surface area contributed by atoms with Gasteiger partial charge in [0.1, 0.15) is 0 Å². The van der Waals surface area contributed by atoms with Gasteiger partial charge in [-0.05, 0) is 27.6 Å². The van der Waals surface area contributed by atoms with E-state index in [0.29, 0.717) is 0 Å². The van der Waals surface area contributed by atoms with Gasteiger partial charge in [-0.2, -0.15) is 5.10 Å². The van der Waals surface area contributed by atoms with Gasteiger partial charge in [0.25, 0.3) is 0 Å². The molecular formula is C13H16BrN3O. The van der Waals surface area contributed by atoms with E-state index in [1.807, 2.05) is 23.0 Å². The molecule has 1 aromatic heterocycles. The lowest BCUT2D eigenvalue weighted by molar-refractivity contribution is 0.199. The quantitative estimate of drug-likeness (QED) is 0.833. The smallest absolute Gasteiger partial charge is 0.0690 e. The molecule has 1 aromatic carbocycles. The Morgan fingerprint density at radius 2 is 2.22 bits per heavy atom. The zero-order valence-electron chi connectivity index (χ0n) is 10.3. The van der Waals surface area contributed by atoms with Crippen LogP contribution in [0.3, 0.4) is 0 Å². The Bertz CT molecular complexity index is 498. The van der Waals surface area contributed by atoms with Crippen molar-refractivity contribution in [1.82, 2.24) is 15.1 Å². The first-order valence-corrected chi connectivity index (χ1v) is 6.58. The van der Waals surface area contributed by atoms with Gasteiger partial charge in [0, 0.05) is 26.4 Å². The molecule has 4 nitrogen and oxygen atoms in total. The van der Waals surface area contributed by atoms with Crippen molar-refractivity contribution in [2.24, 2.45) is 0 Å². The van der Waals surface area contributed by atoms with Gasteiger partial charge >= 0.3 is 0 Å².